The summed E-state index contributed by atoms with van der Waals surface area (Å²) < 4.78 is 10.4. The molecule has 2 aromatic rings. The molecule has 0 saturated heterocycles. The molecule has 3 rings (SSSR count). The Morgan fingerprint density at radius 2 is 1.89 bits per heavy atom. The maximum atomic E-state index is 12.0. The Morgan fingerprint density at radius 3 is 2.74 bits per heavy atom. The largest absolute Gasteiger partial charge is 0.507 e. The van der Waals surface area contributed by atoms with Gasteiger partial charge < -0.3 is 19.9 Å². The van der Waals surface area contributed by atoms with Crippen molar-refractivity contribution in [3.63, 3.8) is 0 Å². The van der Waals surface area contributed by atoms with E-state index >= 15 is 0 Å². The fourth-order valence-electron chi connectivity index (χ4n) is 1.84. The van der Waals surface area contributed by atoms with Crippen molar-refractivity contribution in [1.82, 2.24) is 0 Å². The second-order valence-electron chi connectivity index (χ2n) is 4.04. The summed E-state index contributed by atoms with van der Waals surface area (Å²) in [6.45, 7) is 0.187. The number of amides is 1. The van der Waals surface area contributed by atoms with Crippen LogP contribution in [0.4, 0.5) is 5.69 Å². The Bertz CT molecular complexity index is 639. The Labute approximate surface area is 109 Å². The predicted molar refractivity (Wildman–Crippen MR) is 68.6 cm³/mol. The molecule has 0 aliphatic carbocycles. The number of aromatic hydroxyl groups is 1. The summed E-state index contributed by atoms with van der Waals surface area (Å²) in [4.78, 5) is 12.0. The highest BCUT2D eigenvalue weighted by molar-refractivity contribution is 6.06. The molecule has 0 aromatic heterocycles. The van der Waals surface area contributed by atoms with Gasteiger partial charge >= 0.3 is 0 Å². The fraction of sp³-hybridized carbons (Fsp3) is 0.0714. The lowest BCUT2D eigenvalue weighted by Gasteiger charge is -2.07. The SMILES string of the molecule is O=C(Nc1ccc2c(c1)OCO2)c1ccccc1O. The monoisotopic (exact) mass is 257 g/mol. The zero-order chi connectivity index (χ0) is 13.2. The summed E-state index contributed by atoms with van der Waals surface area (Å²) in [7, 11) is 0. The van der Waals surface area contributed by atoms with Gasteiger partial charge in [-0.3, -0.25) is 4.79 Å². The highest BCUT2D eigenvalue weighted by Crippen LogP contribution is 2.34. The number of para-hydroxylation sites is 1. The molecule has 96 valence electrons. The number of phenolic OH excluding ortho intramolecular Hbond substituents is 1. The first-order valence-electron chi connectivity index (χ1n) is 5.73. The van der Waals surface area contributed by atoms with Gasteiger partial charge in [-0.1, -0.05) is 12.1 Å². The van der Waals surface area contributed by atoms with Gasteiger partial charge in [0.05, 0.1) is 5.56 Å². The smallest absolute Gasteiger partial charge is 0.259 e. The highest BCUT2D eigenvalue weighted by atomic mass is 16.7. The number of benzene rings is 2. The lowest BCUT2D eigenvalue weighted by Crippen LogP contribution is -2.11. The molecule has 0 atom stereocenters. The molecule has 0 radical (unpaired) electrons. The van der Waals surface area contributed by atoms with E-state index in [0.29, 0.717) is 17.2 Å². The number of fused-ring (bicyclic) bond motifs is 1. The van der Waals surface area contributed by atoms with Crippen molar-refractivity contribution in [2.45, 2.75) is 0 Å². The molecule has 1 aliphatic heterocycles. The van der Waals surface area contributed by atoms with Crippen LogP contribution in [0.25, 0.3) is 0 Å². The van der Waals surface area contributed by atoms with Crippen LogP contribution >= 0.6 is 0 Å². The number of carbonyl (C=O) groups is 1. The number of carbonyl (C=O) groups excluding carboxylic acids is 1. The average molecular weight is 257 g/mol. The summed E-state index contributed by atoms with van der Waals surface area (Å²) in [6, 6.07) is 11.5. The number of anilines is 1. The van der Waals surface area contributed by atoms with Gasteiger partial charge in [0.2, 0.25) is 6.79 Å². The fourth-order valence-corrected chi connectivity index (χ4v) is 1.84. The van der Waals surface area contributed by atoms with E-state index in [4.69, 9.17) is 9.47 Å². The summed E-state index contributed by atoms with van der Waals surface area (Å²) in [6.07, 6.45) is 0. The van der Waals surface area contributed by atoms with Gasteiger partial charge in [0.25, 0.3) is 5.91 Å². The standard InChI is InChI=1S/C14H11NO4/c16-11-4-2-1-3-10(11)14(17)15-9-5-6-12-13(7-9)19-8-18-12/h1-7,16H,8H2,(H,15,17). The Kier molecular flexibility index (Phi) is 2.72. The average Bonchev–Trinajstić information content (AvgIpc) is 2.86. The van der Waals surface area contributed by atoms with Crippen molar-refractivity contribution < 1.29 is 19.4 Å². The van der Waals surface area contributed by atoms with Gasteiger partial charge in [0.1, 0.15) is 5.75 Å². The second-order valence-corrected chi connectivity index (χ2v) is 4.04. The molecule has 1 aliphatic rings. The molecular weight excluding hydrogens is 246 g/mol. The molecule has 19 heavy (non-hydrogen) atoms. The molecule has 5 nitrogen and oxygen atoms in total. The summed E-state index contributed by atoms with van der Waals surface area (Å²) in [5.74, 6) is 0.813. The van der Waals surface area contributed by atoms with Crippen molar-refractivity contribution in [1.29, 1.82) is 0 Å². The van der Waals surface area contributed by atoms with E-state index in [1.807, 2.05) is 0 Å². The van der Waals surface area contributed by atoms with Gasteiger partial charge in [-0.05, 0) is 24.3 Å². The van der Waals surface area contributed by atoms with Crippen molar-refractivity contribution in [2.24, 2.45) is 0 Å². The molecule has 2 N–H and O–H groups in total. The number of hydrogen-bond donors (Lipinski definition) is 2. The summed E-state index contributed by atoms with van der Waals surface area (Å²) in [5, 5.41) is 12.3. The molecule has 0 fully saturated rings. The minimum atomic E-state index is -0.378. The number of phenols is 1. The minimum Gasteiger partial charge on any atom is -0.507 e. The Hall–Kier alpha value is -2.69. The van der Waals surface area contributed by atoms with Crippen molar-refractivity contribution in [2.75, 3.05) is 12.1 Å². The number of hydrogen-bond acceptors (Lipinski definition) is 4. The third-order valence-electron chi connectivity index (χ3n) is 2.78. The maximum absolute atomic E-state index is 12.0. The van der Waals surface area contributed by atoms with Crippen LogP contribution in [-0.2, 0) is 0 Å². The summed E-state index contributed by atoms with van der Waals surface area (Å²) in [5.41, 5.74) is 0.803. The molecule has 0 unspecified atom stereocenters. The van der Waals surface area contributed by atoms with Crippen molar-refractivity contribution in [3.8, 4) is 17.2 Å². The molecule has 0 spiro atoms. The minimum absolute atomic E-state index is 0.0549. The lowest BCUT2D eigenvalue weighted by molar-refractivity contribution is 0.102. The van der Waals surface area contributed by atoms with Gasteiger partial charge in [0.15, 0.2) is 11.5 Å². The van der Waals surface area contributed by atoms with Crippen molar-refractivity contribution in [3.05, 3.63) is 48.0 Å². The van der Waals surface area contributed by atoms with Crippen LogP contribution in [0.3, 0.4) is 0 Å². The molecule has 5 heteroatoms. The maximum Gasteiger partial charge on any atom is 0.259 e. The zero-order valence-electron chi connectivity index (χ0n) is 9.92. The van der Waals surface area contributed by atoms with E-state index < -0.39 is 0 Å². The van der Waals surface area contributed by atoms with Gasteiger partial charge in [-0.25, -0.2) is 0 Å². The first-order chi connectivity index (χ1) is 9.24. The third kappa shape index (κ3) is 2.18. The molecule has 0 bridgehead atoms. The van der Waals surface area contributed by atoms with Crippen LogP contribution in [0.15, 0.2) is 42.5 Å². The lowest BCUT2D eigenvalue weighted by atomic mass is 10.2. The summed E-state index contributed by atoms with van der Waals surface area (Å²) >= 11 is 0. The van der Waals surface area contributed by atoms with Crippen LogP contribution in [0.5, 0.6) is 17.2 Å². The first-order valence-corrected chi connectivity index (χ1v) is 5.73. The molecule has 1 heterocycles. The molecular formula is C14H11NO4. The predicted octanol–water partition coefficient (Wildman–Crippen LogP) is 2.37. The van der Waals surface area contributed by atoms with E-state index in [9.17, 15) is 9.90 Å². The van der Waals surface area contributed by atoms with Gasteiger partial charge in [0, 0.05) is 11.8 Å². The Balaban J connectivity index is 1.82. The second kappa shape index (κ2) is 4.53. The number of nitrogens with one attached hydrogen (secondary N) is 1. The molecule has 1 amide bonds. The van der Waals surface area contributed by atoms with Gasteiger partial charge in [-0.2, -0.15) is 0 Å². The molecule has 2 aromatic carbocycles. The third-order valence-corrected chi connectivity index (χ3v) is 2.78. The number of rotatable bonds is 2. The van der Waals surface area contributed by atoms with E-state index in [1.165, 1.54) is 6.07 Å². The highest BCUT2D eigenvalue weighted by Gasteiger charge is 2.15. The number of ether oxygens (including phenoxy) is 2. The molecule has 0 saturated carbocycles. The van der Waals surface area contributed by atoms with Crippen LogP contribution in [-0.4, -0.2) is 17.8 Å². The van der Waals surface area contributed by atoms with Crippen LogP contribution in [0, 0.1) is 0 Å². The Morgan fingerprint density at radius 1 is 1.11 bits per heavy atom. The van der Waals surface area contributed by atoms with Crippen LogP contribution in [0.2, 0.25) is 0 Å². The van der Waals surface area contributed by atoms with E-state index in [-0.39, 0.29) is 24.0 Å². The topological polar surface area (TPSA) is 67.8 Å². The zero-order valence-corrected chi connectivity index (χ0v) is 9.92. The van der Waals surface area contributed by atoms with E-state index in [0.717, 1.165) is 0 Å². The van der Waals surface area contributed by atoms with Crippen LogP contribution in [0.1, 0.15) is 10.4 Å². The van der Waals surface area contributed by atoms with Crippen LogP contribution < -0.4 is 14.8 Å². The van der Waals surface area contributed by atoms with E-state index in [2.05, 4.69) is 5.32 Å². The first kappa shape index (κ1) is 11.4. The quantitative estimate of drug-likeness (QED) is 0.866. The normalized spacial score (nSPS) is 12.2. The van der Waals surface area contributed by atoms with Crippen molar-refractivity contribution >= 4 is 11.6 Å². The van der Waals surface area contributed by atoms with Gasteiger partial charge in [-0.15, -0.1) is 0 Å². The van der Waals surface area contributed by atoms with E-state index in [1.54, 1.807) is 36.4 Å².